The van der Waals surface area contributed by atoms with Crippen molar-refractivity contribution in [3.05, 3.63) is 30.7 Å². The summed E-state index contributed by atoms with van der Waals surface area (Å²) in [5.74, 6) is 1.47. The van der Waals surface area contributed by atoms with E-state index in [2.05, 4.69) is 21.6 Å². The molecule has 16 heavy (non-hydrogen) atoms. The van der Waals surface area contributed by atoms with Gasteiger partial charge in [-0.2, -0.15) is 4.98 Å². The molecule has 0 saturated carbocycles. The van der Waals surface area contributed by atoms with E-state index in [4.69, 9.17) is 4.74 Å². The first-order chi connectivity index (χ1) is 7.90. The van der Waals surface area contributed by atoms with Crippen LogP contribution in [0, 0.1) is 0 Å². The molecule has 0 atom stereocenters. The van der Waals surface area contributed by atoms with Crippen molar-refractivity contribution < 1.29 is 9.26 Å². The van der Waals surface area contributed by atoms with E-state index in [1.807, 2.05) is 24.3 Å². The maximum atomic E-state index is 5.55. The molecule has 0 unspecified atom stereocenters. The number of hydrogen-bond donors (Lipinski definition) is 0. The van der Waals surface area contributed by atoms with Crippen molar-refractivity contribution in [2.75, 3.05) is 6.61 Å². The van der Waals surface area contributed by atoms with E-state index in [1.165, 1.54) is 6.39 Å². The number of unbranched alkanes of at least 4 members (excludes halogenated alkanes) is 1. The third-order valence-electron chi connectivity index (χ3n) is 2.24. The Labute approximate surface area is 94.2 Å². The molecule has 0 spiro atoms. The summed E-state index contributed by atoms with van der Waals surface area (Å²) in [6.45, 7) is 2.90. The van der Waals surface area contributed by atoms with Crippen LogP contribution in [0.5, 0.6) is 5.75 Å². The highest BCUT2D eigenvalue weighted by Gasteiger charge is 2.02. The van der Waals surface area contributed by atoms with Crippen LogP contribution in [0.3, 0.4) is 0 Å². The molecule has 2 aromatic rings. The zero-order valence-corrected chi connectivity index (χ0v) is 9.22. The molecule has 2 rings (SSSR count). The minimum absolute atomic E-state index is 0.597. The molecule has 84 valence electrons. The fourth-order valence-corrected chi connectivity index (χ4v) is 1.33. The highest BCUT2D eigenvalue weighted by atomic mass is 16.5. The molecule has 0 saturated heterocycles. The van der Waals surface area contributed by atoms with Crippen molar-refractivity contribution >= 4 is 0 Å². The Morgan fingerprint density at radius 1 is 1.25 bits per heavy atom. The lowest BCUT2D eigenvalue weighted by molar-refractivity contribution is 0.309. The van der Waals surface area contributed by atoms with Gasteiger partial charge in [-0.1, -0.05) is 18.5 Å². The number of rotatable bonds is 5. The third-order valence-corrected chi connectivity index (χ3v) is 2.24. The van der Waals surface area contributed by atoms with E-state index in [1.54, 1.807) is 0 Å². The van der Waals surface area contributed by atoms with Gasteiger partial charge >= 0.3 is 0 Å². The van der Waals surface area contributed by atoms with Crippen LogP contribution >= 0.6 is 0 Å². The van der Waals surface area contributed by atoms with Crippen molar-refractivity contribution in [3.8, 4) is 17.1 Å². The molecule has 4 nitrogen and oxygen atoms in total. The molecular weight excluding hydrogens is 204 g/mol. The van der Waals surface area contributed by atoms with Crippen molar-refractivity contribution in [3.63, 3.8) is 0 Å². The van der Waals surface area contributed by atoms with Gasteiger partial charge in [0.1, 0.15) is 5.75 Å². The van der Waals surface area contributed by atoms with E-state index < -0.39 is 0 Å². The standard InChI is InChI=1S/C12H14N2O2/c1-2-3-8-15-11-6-4-10(5-7-11)12-13-9-16-14-12/h4-7,9H,2-3,8H2,1H3. The van der Waals surface area contributed by atoms with E-state index in [-0.39, 0.29) is 0 Å². The van der Waals surface area contributed by atoms with Gasteiger partial charge < -0.3 is 9.26 Å². The fourth-order valence-electron chi connectivity index (χ4n) is 1.33. The first-order valence-electron chi connectivity index (χ1n) is 5.39. The topological polar surface area (TPSA) is 48.2 Å². The zero-order valence-electron chi connectivity index (χ0n) is 9.22. The van der Waals surface area contributed by atoms with Crippen LogP contribution in [-0.2, 0) is 0 Å². The Morgan fingerprint density at radius 3 is 2.69 bits per heavy atom. The lowest BCUT2D eigenvalue weighted by atomic mass is 10.2. The van der Waals surface area contributed by atoms with Crippen molar-refractivity contribution in [2.45, 2.75) is 19.8 Å². The second-order valence-electron chi connectivity index (χ2n) is 3.48. The van der Waals surface area contributed by atoms with Crippen LogP contribution in [0.2, 0.25) is 0 Å². The Kier molecular flexibility index (Phi) is 3.53. The predicted octanol–water partition coefficient (Wildman–Crippen LogP) is 2.92. The second-order valence-corrected chi connectivity index (χ2v) is 3.48. The van der Waals surface area contributed by atoms with Crippen LogP contribution < -0.4 is 4.74 Å². The molecule has 1 aromatic heterocycles. The average Bonchev–Trinajstić information content (AvgIpc) is 2.84. The van der Waals surface area contributed by atoms with Crippen molar-refractivity contribution in [2.24, 2.45) is 0 Å². The highest BCUT2D eigenvalue weighted by molar-refractivity contribution is 5.55. The Morgan fingerprint density at radius 2 is 2.06 bits per heavy atom. The average molecular weight is 218 g/mol. The summed E-state index contributed by atoms with van der Waals surface area (Å²) in [4.78, 5) is 3.97. The lowest BCUT2D eigenvalue weighted by Gasteiger charge is -2.04. The van der Waals surface area contributed by atoms with E-state index in [9.17, 15) is 0 Å². The van der Waals surface area contributed by atoms with Gasteiger partial charge in [0.05, 0.1) is 6.61 Å². The smallest absolute Gasteiger partial charge is 0.214 e. The predicted molar refractivity (Wildman–Crippen MR) is 60.1 cm³/mol. The van der Waals surface area contributed by atoms with Gasteiger partial charge in [-0.05, 0) is 30.7 Å². The number of nitrogens with zero attached hydrogens (tertiary/aromatic N) is 2. The molecule has 0 bridgehead atoms. The molecule has 0 aliphatic rings. The molecule has 1 heterocycles. The first kappa shape index (κ1) is 10.7. The number of benzene rings is 1. The van der Waals surface area contributed by atoms with Gasteiger partial charge in [-0.3, -0.25) is 0 Å². The Balaban J connectivity index is 2.00. The summed E-state index contributed by atoms with van der Waals surface area (Å²) in [7, 11) is 0. The molecule has 0 amide bonds. The monoisotopic (exact) mass is 218 g/mol. The molecule has 1 aromatic carbocycles. The van der Waals surface area contributed by atoms with Crippen LogP contribution in [0.15, 0.2) is 35.2 Å². The Bertz CT molecular complexity index is 409. The van der Waals surface area contributed by atoms with Gasteiger partial charge in [0, 0.05) is 5.56 Å². The summed E-state index contributed by atoms with van der Waals surface area (Å²) in [6.07, 6.45) is 3.54. The number of aromatic nitrogens is 2. The molecule has 0 radical (unpaired) electrons. The van der Waals surface area contributed by atoms with Crippen LogP contribution in [0.25, 0.3) is 11.4 Å². The fraction of sp³-hybridized carbons (Fsp3) is 0.333. The summed E-state index contributed by atoms with van der Waals surface area (Å²) in [6, 6.07) is 7.68. The summed E-state index contributed by atoms with van der Waals surface area (Å²) in [5.41, 5.74) is 0.927. The minimum Gasteiger partial charge on any atom is -0.494 e. The first-order valence-corrected chi connectivity index (χ1v) is 5.39. The molecule has 0 aliphatic heterocycles. The zero-order chi connectivity index (χ0) is 11.2. The van der Waals surface area contributed by atoms with E-state index in [0.29, 0.717) is 5.82 Å². The number of hydrogen-bond acceptors (Lipinski definition) is 4. The molecule has 0 fully saturated rings. The summed E-state index contributed by atoms with van der Waals surface area (Å²) in [5, 5.41) is 3.76. The third kappa shape index (κ3) is 2.59. The van der Waals surface area contributed by atoms with Crippen LogP contribution in [-0.4, -0.2) is 16.7 Å². The normalized spacial score (nSPS) is 10.3. The lowest BCUT2D eigenvalue weighted by Crippen LogP contribution is -1.95. The van der Waals surface area contributed by atoms with Crippen molar-refractivity contribution in [1.29, 1.82) is 0 Å². The summed E-state index contributed by atoms with van der Waals surface area (Å²) >= 11 is 0. The van der Waals surface area contributed by atoms with Gasteiger partial charge in [0.2, 0.25) is 12.2 Å². The maximum Gasteiger partial charge on any atom is 0.214 e. The largest absolute Gasteiger partial charge is 0.494 e. The highest BCUT2D eigenvalue weighted by Crippen LogP contribution is 2.19. The van der Waals surface area contributed by atoms with E-state index in [0.717, 1.165) is 30.8 Å². The van der Waals surface area contributed by atoms with Crippen LogP contribution in [0.1, 0.15) is 19.8 Å². The number of ether oxygens (including phenoxy) is 1. The maximum absolute atomic E-state index is 5.55. The van der Waals surface area contributed by atoms with Gasteiger partial charge in [0.15, 0.2) is 0 Å². The van der Waals surface area contributed by atoms with Gasteiger partial charge in [-0.25, -0.2) is 0 Å². The second kappa shape index (κ2) is 5.30. The molecular formula is C12H14N2O2. The quantitative estimate of drug-likeness (QED) is 0.724. The Hall–Kier alpha value is -1.84. The molecule has 0 N–H and O–H groups in total. The SMILES string of the molecule is CCCCOc1ccc(-c2ncon2)cc1. The van der Waals surface area contributed by atoms with Gasteiger partial charge in [-0.15, -0.1) is 0 Å². The summed E-state index contributed by atoms with van der Waals surface area (Å²) < 4.78 is 10.2. The van der Waals surface area contributed by atoms with Crippen molar-refractivity contribution in [1.82, 2.24) is 10.1 Å². The minimum atomic E-state index is 0.597. The van der Waals surface area contributed by atoms with E-state index >= 15 is 0 Å². The molecule has 0 aliphatic carbocycles. The molecule has 4 heteroatoms. The van der Waals surface area contributed by atoms with Gasteiger partial charge in [0.25, 0.3) is 0 Å². The van der Waals surface area contributed by atoms with Crippen LogP contribution in [0.4, 0.5) is 0 Å².